The molecule has 0 spiro atoms. The van der Waals surface area contributed by atoms with Crippen molar-refractivity contribution < 1.29 is 27.8 Å². The van der Waals surface area contributed by atoms with Gasteiger partial charge in [-0.05, 0) is 42.1 Å². The summed E-state index contributed by atoms with van der Waals surface area (Å²) >= 11 is 0.247. The number of benzene rings is 2. The highest BCUT2D eigenvalue weighted by molar-refractivity contribution is 7.99. The van der Waals surface area contributed by atoms with Crippen LogP contribution >= 0.6 is 11.8 Å². The van der Waals surface area contributed by atoms with Crippen LogP contribution in [0.3, 0.4) is 0 Å². The number of nitrogens with one attached hydrogen (secondary N) is 2. The minimum Gasteiger partial charge on any atom is -0.493 e. The van der Waals surface area contributed by atoms with Crippen molar-refractivity contribution >= 4 is 34.6 Å². The van der Waals surface area contributed by atoms with Crippen LogP contribution in [0.25, 0.3) is 11.0 Å². The number of hydrogen-bond acceptors (Lipinski definition) is 6. The van der Waals surface area contributed by atoms with E-state index in [1.165, 1.54) is 30.9 Å². The average molecular weight is 436 g/mol. The van der Waals surface area contributed by atoms with Crippen molar-refractivity contribution in [1.82, 2.24) is 20.4 Å². The molecule has 0 unspecified atom stereocenters. The van der Waals surface area contributed by atoms with Gasteiger partial charge in [0.05, 0.1) is 25.3 Å². The summed E-state index contributed by atoms with van der Waals surface area (Å²) in [6, 6.07) is 11.3. The number of carbonyl (C=O) groups is 2. The van der Waals surface area contributed by atoms with E-state index in [-0.39, 0.29) is 29.0 Å². The number of carbonyl (C=O) groups excluding carboxylic acids is 2. The molecular formula is C19H18F2N4O4S. The van der Waals surface area contributed by atoms with Crippen molar-refractivity contribution in [1.29, 1.82) is 0 Å². The molecule has 0 radical (unpaired) electrons. The fourth-order valence-electron chi connectivity index (χ4n) is 2.74. The predicted molar refractivity (Wildman–Crippen MR) is 107 cm³/mol. The number of aromatic nitrogens is 2. The van der Waals surface area contributed by atoms with Gasteiger partial charge in [0.25, 0.3) is 17.6 Å². The molecule has 1 heterocycles. The van der Waals surface area contributed by atoms with E-state index in [0.717, 1.165) is 0 Å². The molecule has 2 amide bonds. The Hall–Kier alpha value is -3.34. The van der Waals surface area contributed by atoms with Crippen LogP contribution in [-0.4, -0.2) is 41.3 Å². The molecule has 0 aliphatic rings. The highest BCUT2D eigenvalue weighted by atomic mass is 32.2. The van der Waals surface area contributed by atoms with Gasteiger partial charge in [-0.25, -0.2) is 4.98 Å². The van der Waals surface area contributed by atoms with Crippen LogP contribution in [-0.2, 0) is 11.3 Å². The summed E-state index contributed by atoms with van der Waals surface area (Å²) < 4.78 is 37.3. The number of para-hydroxylation sites is 2. The van der Waals surface area contributed by atoms with Gasteiger partial charge in [0, 0.05) is 5.56 Å². The zero-order valence-electron chi connectivity index (χ0n) is 16.0. The van der Waals surface area contributed by atoms with Gasteiger partial charge in [-0.15, -0.1) is 0 Å². The Labute approximate surface area is 174 Å². The summed E-state index contributed by atoms with van der Waals surface area (Å²) in [6.07, 6.45) is 0. The fourth-order valence-corrected chi connectivity index (χ4v) is 3.34. The maximum absolute atomic E-state index is 12.9. The molecular weight excluding hydrogens is 418 g/mol. The molecule has 2 aromatic carbocycles. The van der Waals surface area contributed by atoms with Crippen molar-refractivity contribution in [2.24, 2.45) is 0 Å². The molecule has 30 heavy (non-hydrogen) atoms. The molecule has 0 fully saturated rings. The van der Waals surface area contributed by atoms with E-state index >= 15 is 0 Å². The van der Waals surface area contributed by atoms with E-state index in [9.17, 15) is 18.4 Å². The van der Waals surface area contributed by atoms with E-state index in [1.807, 2.05) is 0 Å². The van der Waals surface area contributed by atoms with Crippen LogP contribution in [0, 0.1) is 0 Å². The molecule has 1 aromatic heterocycles. The van der Waals surface area contributed by atoms with Crippen LogP contribution in [0.1, 0.15) is 10.4 Å². The number of hydrazine groups is 1. The summed E-state index contributed by atoms with van der Waals surface area (Å²) in [5.74, 6) is -3.07. The standard InChI is InChI=1S/C19H18F2N4O4S/c1-28-14-8-7-11(9-15(14)29-2)17(27)24-23-16(26)10-25-13-6-4-3-5-12(13)22-19(25)30-18(20)21/h3-9,18H,10H2,1-2H3,(H,23,26)(H,24,27). The van der Waals surface area contributed by atoms with Crippen molar-refractivity contribution in [3.05, 3.63) is 48.0 Å². The van der Waals surface area contributed by atoms with Crippen LogP contribution < -0.4 is 20.3 Å². The van der Waals surface area contributed by atoms with Gasteiger partial charge in [0.2, 0.25) is 0 Å². The van der Waals surface area contributed by atoms with Gasteiger partial charge in [0.1, 0.15) is 6.54 Å². The van der Waals surface area contributed by atoms with Crippen molar-refractivity contribution in [3.8, 4) is 11.5 Å². The predicted octanol–water partition coefficient (Wildman–Crippen LogP) is 2.83. The minimum atomic E-state index is -2.69. The van der Waals surface area contributed by atoms with Crippen LogP contribution in [0.2, 0.25) is 0 Å². The Bertz CT molecular complexity index is 1070. The second kappa shape index (κ2) is 9.44. The number of ether oxygens (including phenoxy) is 2. The third kappa shape index (κ3) is 4.79. The lowest BCUT2D eigenvalue weighted by molar-refractivity contribution is -0.122. The number of rotatable bonds is 7. The SMILES string of the molecule is COc1ccc(C(=O)NNC(=O)Cn2c(SC(F)F)nc3ccccc32)cc1OC. The monoisotopic (exact) mass is 436 g/mol. The van der Waals surface area contributed by atoms with Crippen molar-refractivity contribution in [2.45, 2.75) is 17.5 Å². The molecule has 0 aliphatic heterocycles. The Morgan fingerprint density at radius 1 is 1.10 bits per heavy atom. The molecule has 158 valence electrons. The summed E-state index contributed by atoms with van der Waals surface area (Å²) in [7, 11) is 2.91. The molecule has 0 saturated heterocycles. The first kappa shape index (κ1) is 21.4. The first-order valence-electron chi connectivity index (χ1n) is 8.64. The van der Waals surface area contributed by atoms with Gasteiger partial charge in [-0.2, -0.15) is 8.78 Å². The first-order valence-corrected chi connectivity index (χ1v) is 9.52. The van der Waals surface area contributed by atoms with Gasteiger partial charge >= 0.3 is 0 Å². The fraction of sp³-hybridized carbons (Fsp3) is 0.211. The van der Waals surface area contributed by atoms with Crippen LogP contribution in [0.5, 0.6) is 11.5 Å². The third-order valence-electron chi connectivity index (χ3n) is 4.08. The number of thioether (sulfide) groups is 1. The van der Waals surface area contributed by atoms with Crippen molar-refractivity contribution in [2.75, 3.05) is 14.2 Å². The molecule has 2 N–H and O–H groups in total. The van der Waals surface area contributed by atoms with E-state index in [0.29, 0.717) is 22.5 Å². The summed E-state index contributed by atoms with van der Waals surface area (Å²) in [6.45, 7) is -0.304. The second-order valence-corrected chi connectivity index (χ2v) is 6.88. The number of halogens is 2. The lowest BCUT2D eigenvalue weighted by Crippen LogP contribution is -2.43. The number of hydrogen-bond donors (Lipinski definition) is 2. The lowest BCUT2D eigenvalue weighted by atomic mass is 10.2. The van der Waals surface area contributed by atoms with E-state index in [2.05, 4.69) is 15.8 Å². The summed E-state index contributed by atoms with van der Waals surface area (Å²) in [5, 5.41) is 0.00701. The molecule has 3 rings (SSSR count). The van der Waals surface area contributed by atoms with E-state index in [4.69, 9.17) is 9.47 Å². The highest BCUT2D eigenvalue weighted by Crippen LogP contribution is 2.29. The molecule has 0 saturated carbocycles. The minimum absolute atomic E-state index is 0.00701. The molecule has 3 aromatic rings. The number of alkyl halides is 2. The van der Waals surface area contributed by atoms with Gasteiger partial charge in [-0.3, -0.25) is 20.4 Å². The van der Waals surface area contributed by atoms with Crippen molar-refractivity contribution in [3.63, 3.8) is 0 Å². The largest absolute Gasteiger partial charge is 0.493 e. The van der Waals surface area contributed by atoms with E-state index < -0.39 is 17.6 Å². The molecule has 0 aliphatic carbocycles. The number of fused-ring (bicyclic) bond motifs is 1. The Morgan fingerprint density at radius 2 is 1.83 bits per heavy atom. The maximum atomic E-state index is 12.9. The summed E-state index contributed by atoms with van der Waals surface area (Å²) in [4.78, 5) is 28.8. The number of imidazole rings is 1. The van der Waals surface area contributed by atoms with Crippen LogP contribution in [0.4, 0.5) is 8.78 Å². The zero-order chi connectivity index (χ0) is 21.7. The number of methoxy groups -OCH3 is 2. The third-order valence-corrected chi connectivity index (χ3v) is 4.78. The van der Waals surface area contributed by atoms with Gasteiger partial charge < -0.3 is 14.0 Å². The van der Waals surface area contributed by atoms with Gasteiger partial charge in [-0.1, -0.05) is 12.1 Å². The lowest BCUT2D eigenvalue weighted by Gasteiger charge is -2.12. The normalized spacial score (nSPS) is 10.8. The smallest absolute Gasteiger partial charge is 0.291 e. The summed E-state index contributed by atoms with van der Waals surface area (Å²) in [5.41, 5.74) is 5.81. The quantitative estimate of drug-likeness (QED) is 0.437. The zero-order valence-corrected chi connectivity index (χ0v) is 16.8. The molecule has 0 bridgehead atoms. The molecule has 11 heteroatoms. The Morgan fingerprint density at radius 3 is 2.53 bits per heavy atom. The second-order valence-electron chi connectivity index (χ2n) is 5.92. The Balaban J connectivity index is 1.70. The van der Waals surface area contributed by atoms with Crippen LogP contribution in [0.15, 0.2) is 47.6 Å². The van der Waals surface area contributed by atoms with E-state index in [1.54, 1.807) is 30.3 Å². The molecule has 8 nitrogen and oxygen atoms in total. The van der Waals surface area contributed by atoms with Gasteiger partial charge in [0.15, 0.2) is 16.7 Å². The average Bonchev–Trinajstić information content (AvgIpc) is 3.07. The Kier molecular flexibility index (Phi) is 6.72. The molecule has 0 atom stereocenters. The topological polar surface area (TPSA) is 94.5 Å². The number of amides is 2. The maximum Gasteiger partial charge on any atom is 0.291 e. The first-order chi connectivity index (χ1) is 14.4. The highest BCUT2D eigenvalue weighted by Gasteiger charge is 2.18. The number of nitrogens with zero attached hydrogens (tertiary/aromatic N) is 2.